The maximum absolute atomic E-state index is 14.5. The van der Waals surface area contributed by atoms with Crippen LogP contribution in [-0.4, -0.2) is 37.9 Å². The molecule has 34 heavy (non-hydrogen) atoms. The first-order valence-corrected chi connectivity index (χ1v) is 12.7. The number of pyridine rings is 1. The van der Waals surface area contributed by atoms with Crippen LogP contribution in [-0.2, 0) is 10.2 Å². The van der Waals surface area contributed by atoms with Crippen LogP contribution in [0, 0.1) is 30.6 Å². The van der Waals surface area contributed by atoms with Gasteiger partial charge in [0.15, 0.2) is 5.75 Å². The summed E-state index contributed by atoms with van der Waals surface area (Å²) >= 11 is 6.38. The summed E-state index contributed by atoms with van der Waals surface area (Å²) < 4.78 is 26.2. The van der Waals surface area contributed by atoms with Crippen LogP contribution in [0.4, 0.5) is 4.39 Å². The minimum atomic E-state index is -0.549. The first-order chi connectivity index (χ1) is 16.4. The van der Waals surface area contributed by atoms with Crippen LogP contribution < -0.4 is 10.1 Å². The second kappa shape index (κ2) is 9.60. The molecule has 0 amide bonds. The molecular formula is C28H34ClFN2O2. The molecule has 1 aromatic carbocycles. The number of aryl methyl sites for hydroxylation is 1. The molecule has 182 valence electrons. The fraction of sp³-hybridized carbons (Fsp3) is 0.536. The van der Waals surface area contributed by atoms with Gasteiger partial charge in [0.05, 0.1) is 12.7 Å². The number of fused-ring (bicyclic) bond motifs is 3. The van der Waals surface area contributed by atoms with Crippen molar-refractivity contribution in [2.24, 2.45) is 17.8 Å². The lowest BCUT2D eigenvalue weighted by molar-refractivity contribution is 0.0106. The number of benzene rings is 1. The first-order valence-electron chi connectivity index (χ1n) is 12.4. The Morgan fingerprint density at radius 1 is 1.32 bits per heavy atom. The molecule has 0 radical (unpaired) electrons. The van der Waals surface area contributed by atoms with Crippen molar-refractivity contribution < 1.29 is 13.9 Å². The van der Waals surface area contributed by atoms with Gasteiger partial charge in [-0.1, -0.05) is 23.7 Å². The van der Waals surface area contributed by atoms with Crippen molar-refractivity contribution >= 4 is 11.6 Å². The van der Waals surface area contributed by atoms with Crippen molar-refractivity contribution in [3.63, 3.8) is 0 Å². The molecule has 6 heteroatoms. The zero-order chi connectivity index (χ0) is 23.9. The Morgan fingerprint density at radius 3 is 2.88 bits per heavy atom. The number of ether oxygens (including phenoxy) is 2. The van der Waals surface area contributed by atoms with Crippen LogP contribution in [0.15, 0.2) is 43.0 Å². The van der Waals surface area contributed by atoms with Crippen molar-refractivity contribution in [3.8, 4) is 5.75 Å². The summed E-state index contributed by atoms with van der Waals surface area (Å²) in [5, 5.41) is 4.55. The van der Waals surface area contributed by atoms with Crippen molar-refractivity contribution in [1.82, 2.24) is 10.3 Å². The number of nitrogens with zero attached hydrogens (tertiary/aromatic N) is 1. The third-order valence-electron chi connectivity index (χ3n) is 8.29. The van der Waals surface area contributed by atoms with E-state index in [9.17, 15) is 4.39 Å². The number of hydrogen-bond acceptors (Lipinski definition) is 4. The fourth-order valence-electron chi connectivity index (χ4n) is 6.20. The van der Waals surface area contributed by atoms with Gasteiger partial charge in [0.2, 0.25) is 0 Å². The Bertz CT molecular complexity index is 1060. The van der Waals surface area contributed by atoms with Crippen LogP contribution in [0.25, 0.3) is 0 Å². The molecular weight excluding hydrogens is 451 g/mol. The van der Waals surface area contributed by atoms with Crippen molar-refractivity contribution in [2.75, 3.05) is 26.8 Å². The fourth-order valence-corrected chi connectivity index (χ4v) is 6.38. The van der Waals surface area contributed by atoms with E-state index in [-0.39, 0.29) is 17.3 Å². The van der Waals surface area contributed by atoms with Crippen LogP contribution in [0.5, 0.6) is 5.75 Å². The predicted octanol–water partition coefficient (Wildman–Crippen LogP) is 5.82. The Kier molecular flexibility index (Phi) is 6.71. The van der Waals surface area contributed by atoms with E-state index in [1.807, 2.05) is 12.1 Å². The topological polar surface area (TPSA) is 43.4 Å². The molecule has 6 atom stereocenters. The largest absolute Gasteiger partial charge is 0.488 e. The highest BCUT2D eigenvalue weighted by molar-refractivity contribution is 6.30. The standard InChI is InChI=1S/C28H34ClFN2O2/c1-4-25(33-3)21-8-6-18(21)14-31-15-28(16-34-26-10-5-17(2)32-27(26)30)13-19-11-22(19)23-12-20(29)7-9-24(23)28/h4-5,7,9-10,12,18-19,21-22,25,31H,1,6,8,11,13-16H2,2-3H3/t18-,19-,21+,22-,25-,28-/m0/s1. The number of aromatic nitrogens is 1. The number of halogens is 2. The second-order valence-electron chi connectivity index (χ2n) is 10.4. The zero-order valence-corrected chi connectivity index (χ0v) is 20.8. The smallest absolute Gasteiger partial charge is 0.255 e. The summed E-state index contributed by atoms with van der Waals surface area (Å²) in [4.78, 5) is 3.94. The minimum Gasteiger partial charge on any atom is -0.488 e. The van der Waals surface area contributed by atoms with Gasteiger partial charge in [-0.05, 0) is 98.2 Å². The van der Waals surface area contributed by atoms with Gasteiger partial charge >= 0.3 is 0 Å². The van der Waals surface area contributed by atoms with Gasteiger partial charge in [-0.25, -0.2) is 4.98 Å². The Balaban J connectivity index is 1.36. The molecule has 0 unspecified atom stereocenters. The Hall–Kier alpha value is -1.95. The normalized spacial score (nSPS) is 30.0. The molecule has 2 fully saturated rings. The third-order valence-corrected chi connectivity index (χ3v) is 8.53. The number of methoxy groups -OCH3 is 1. The quantitative estimate of drug-likeness (QED) is 0.340. The second-order valence-corrected chi connectivity index (χ2v) is 10.9. The van der Waals surface area contributed by atoms with E-state index in [1.54, 1.807) is 26.2 Å². The molecule has 0 bridgehead atoms. The van der Waals surface area contributed by atoms with E-state index in [4.69, 9.17) is 21.1 Å². The van der Waals surface area contributed by atoms with Gasteiger partial charge in [-0.15, -0.1) is 6.58 Å². The van der Waals surface area contributed by atoms with Crippen LogP contribution in [0.3, 0.4) is 0 Å². The molecule has 0 aliphatic heterocycles. The SMILES string of the molecule is C=C[C@H](OC)[C@@H]1CC[C@H]1CNC[C@]1(COc2ccc(C)nc2F)C[C@@H]2C[C@@H]2c2cc(Cl)ccc21. The van der Waals surface area contributed by atoms with Gasteiger partial charge in [0.25, 0.3) is 5.95 Å². The maximum atomic E-state index is 14.5. The first kappa shape index (κ1) is 23.8. The van der Waals surface area contributed by atoms with Gasteiger partial charge in [-0.3, -0.25) is 0 Å². The monoisotopic (exact) mass is 484 g/mol. The molecule has 1 aromatic heterocycles. The molecule has 0 saturated heterocycles. The van der Waals surface area contributed by atoms with Gasteiger partial charge in [0, 0.05) is 29.8 Å². The van der Waals surface area contributed by atoms with Crippen molar-refractivity contribution in [1.29, 1.82) is 0 Å². The third kappa shape index (κ3) is 4.50. The lowest BCUT2D eigenvalue weighted by atomic mass is 9.69. The van der Waals surface area contributed by atoms with Crippen LogP contribution in [0.2, 0.25) is 5.02 Å². The number of hydrogen-bond donors (Lipinski definition) is 1. The highest BCUT2D eigenvalue weighted by atomic mass is 35.5. The summed E-state index contributed by atoms with van der Waals surface area (Å²) in [7, 11) is 1.76. The summed E-state index contributed by atoms with van der Waals surface area (Å²) in [6.07, 6.45) is 6.63. The molecule has 2 saturated carbocycles. The lowest BCUT2D eigenvalue weighted by Crippen LogP contribution is -2.49. The van der Waals surface area contributed by atoms with Gasteiger partial charge in [0.1, 0.15) is 0 Å². The highest BCUT2D eigenvalue weighted by Gasteiger charge is 2.52. The summed E-state index contributed by atoms with van der Waals surface area (Å²) in [6, 6.07) is 9.73. The zero-order valence-electron chi connectivity index (χ0n) is 20.0. The van der Waals surface area contributed by atoms with Crippen LogP contribution >= 0.6 is 11.6 Å². The molecule has 5 rings (SSSR count). The summed E-state index contributed by atoms with van der Waals surface area (Å²) in [5.41, 5.74) is 3.02. The number of nitrogens with one attached hydrogen (secondary N) is 1. The molecule has 3 aliphatic carbocycles. The van der Waals surface area contributed by atoms with E-state index in [0.717, 1.165) is 24.5 Å². The summed E-state index contributed by atoms with van der Waals surface area (Å²) in [6.45, 7) is 7.83. The predicted molar refractivity (Wildman–Crippen MR) is 133 cm³/mol. The highest BCUT2D eigenvalue weighted by Crippen LogP contribution is 2.60. The van der Waals surface area contributed by atoms with Crippen molar-refractivity contribution in [3.05, 3.63) is 70.8 Å². The van der Waals surface area contributed by atoms with E-state index in [0.29, 0.717) is 36.0 Å². The van der Waals surface area contributed by atoms with Crippen molar-refractivity contribution in [2.45, 2.75) is 50.0 Å². The molecule has 2 aromatic rings. The average molecular weight is 485 g/mol. The van der Waals surface area contributed by atoms with Gasteiger partial charge in [-0.2, -0.15) is 4.39 Å². The van der Waals surface area contributed by atoms with Crippen LogP contribution in [0.1, 0.15) is 48.4 Å². The molecule has 1 heterocycles. The van der Waals surface area contributed by atoms with E-state index in [1.165, 1.54) is 30.4 Å². The van der Waals surface area contributed by atoms with E-state index < -0.39 is 5.95 Å². The molecule has 3 aliphatic rings. The maximum Gasteiger partial charge on any atom is 0.255 e. The van der Waals surface area contributed by atoms with E-state index in [2.05, 4.69) is 29.0 Å². The summed E-state index contributed by atoms with van der Waals surface area (Å²) in [5.74, 6) is 1.97. The molecule has 1 N–H and O–H groups in total. The van der Waals surface area contributed by atoms with Gasteiger partial charge < -0.3 is 14.8 Å². The lowest BCUT2D eigenvalue weighted by Gasteiger charge is -2.42. The van der Waals surface area contributed by atoms with E-state index >= 15 is 0 Å². The average Bonchev–Trinajstić information content (AvgIpc) is 3.58. The Morgan fingerprint density at radius 2 is 2.18 bits per heavy atom. The molecule has 4 nitrogen and oxygen atoms in total. The Labute approximate surface area is 206 Å². The minimum absolute atomic E-state index is 0.111. The molecule has 0 spiro atoms. The number of rotatable bonds is 10.